The lowest BCUT2D eigenvalue weighted by Gasteiger charge is -2.13. The van der Waals surface area contributed by atoms with E-state index in [1.54, 1.807) is 11.8 Å². The Balaban J connectivity index is 2.22. The van der Waals surface area contributed by atoms with Crippen LogP contribution in [-0.4, -0.2) is 22.0 Å². The molecule has 1 unspecified atom stereocenters. The van der Waals surface area contributed by atoms with Crippen LogP contribution in [0.25, 0.3) is 0 Å². The number of rotatable bonds is 5. The lowest BCUT2D eigenvalue weighted by Crippen LogP contribution is -2.05. The second-order valence-electron chi connectivity index (χ2n) is 4.59. The molecule has 0 saturated carbocycles. The Labute approximate surface area is 113 Å². The van der Waals surface area contributed by atoms with Crippen molar-refractivity contribution in [2.24, 2.45) is 7.05 Å². The number of aryl methyl sites for hydroxylation is 2. The van der Waals surface area contributed by atoms with Crippen LogP contribution < -0.4 is 4.74 Å². The van der Waals surface area contributed by atoms with E-state index >= 15 is 0 Å². The Morgan fingerprint density at radius 3 is 2.79 bits per heavy atom. The molecule has 2 rings (SSSR count). The summed E-state index contributed by atoms with van der Waals surface area (Å²) in [6.07, 6.45) is 2.68. The summed E-state index contributed by atoms with van der Waals surface area (Å²) in [5.74, 6) is 0.809. The molecule has 1 aromatic carbocycles. The first-order chi connectivity index (χ1) is 9.15. The summed E-state index contributed by atoms with van der Waals surface area (Å²) in [4.78, 5) is 0. The van der Waals surface area contributed by atoms with Crippen LogP contribution in [0.2, 0.25) is 0 Å². The molecule has 0 amide bonds. The molecule has 0 saturated heterocycles. The third kappa shape index (κ3) is 2.96. The van der Waals surface area contributed by atoms with Gasteiger partial charge in [0.2, 0.25) is 0 Å². The van der Waals surface area contributed by atoms with Crippen molar-refractivity contribution in [1.82, 2.24) is 9.78 Å². The lowest BCUT2D eigenvalue weighted by atomic mass is 10.0. The van der Waals surface area contributed by atoms with Gasteiger partial charge in [-0.1, -0.05) is 25.1 Å². The fourth-order valence-corrected chi connectivity index (χ4v) is 2.30. The number of aromatic nitrogens is 2. The van der Waals surface area contributed by atoms with E-state index in [0.29, 0.717) is 6.42 Å². The average molecular weight is 260 g/mol. The molecule has 0 aliphatic heterocycles. The lowest BCUT2D eigenvalue weighted by molar-refractivity contribution is 0.176. The smallest absolute Gasteiger partial charge is 0.122 e. The molecule has 1 heterocycles. The van der Waals surface area contributed by atoms with E-state index in [0.717, 1.165) is 29.0 Å². The molecule has 0 aliphatic carbocycles. The maximum absolute atomic E-state index is 10.4. The van der Waals surface area contributed by atoms with Crippen molar-refractivity contribution in [3.63, 3.8) is 0 Å². The van der Waals surface area contributed by atoms with Crippen molar-refractivity contribution in [3.05, 3.63) is 47.3 Å². The summed E-state index contributed by atoms with van der Waals surface area (Å²) in [5.41, 5.74) is 2.85. The molecule has 2 aromatic rings. The van der Waals surface area contributed by atoms with Crippen LogP contribution in [0.5, 0.6) is 5.75 Å². The van der Waals surface area contributed by atoms with Crippen LogP contribution >= 0.6 is 0 Å². The van der Waals surface area contributed by atoms with E-state index in [9.17, 15) is 5.11 Å². The van der Waals surface area contributed by atoms with Gasteiger partial charge in [0.05, 0.1) is 18.9 Å². The highest BCUT2D eigenvalue weighted by atomic mass is 16.5. The highest BCUT2D eigenvalue weighted by Gasteiger charge is 2.17. The van der Waals surface area contributed by atoms with Gasteiger partial charge in [0.15, 0.2) is 0 Å². The molecule has 0 aliphatic rings. The molecule has 1 aromatic heterocycles. The van der Waals surface area contributed by atoms with Crippen molar-refractivity contribution in [3.8, 4) is 5.75 Å². The molecule has 4 nitrogen and oxygen atoms in total. The molecule has 4 heteroatoms. The fourth-order valence-electron chi connectivity index (χ4n) is 2.30. The first-order valence-corrected chi connectivity index (χ1v) is 6.48. The van der Waals surface area contributed by atoms with Crippen LogP contribution in [0.3, 0.4) is 0 Å². The van der Waals surface area contributed by atoms with Gasteiger partial charge in [-0.15, -0.1) is 0 Å². The number of nitrogens with zero attached hydrogens (tertiary/aromatic N) is 2. The Morgan fingerprint density at radius 1 is 1.37 bits per heavy atom. The summed E-state index contributed by atoms with van der Waals surface area (Å²) in [7, 11) is 3.52. The highest BCUT2D eigenvalue weighted by Crippen LogP contribution is 2.26. The fraction of sp³-hybridized carbons (Fsp3) is 0.400. The van der Waals surface area contributed by atoms with E-state index in [1.807, 2.05) is 44.4 Å². The summed E-state index contributed by atoms with van der Waals surface area (Å²) in [6.45, 7) is 2.04. The summed E-state index contributed by atoms with van der Waals surface area (Å²) < 4.78 is 7.06. The van der Waals surface area contributed by atoms with Crippen LogP contribution in [0.1, 0.15) is 29.8 Å². The van der Waals surface area contributed by atoms with Crippen molar-refractivity contribution in [2.75, 3.05) is 7.11 Å². The Hall–Kier alpha value is -1.81. The minimum atomic E-state index is -0.556. The zero-order valence-electron chi connectivity index (χ0n) is 11.6. The molecular weight excluding hydrogens is 240 g/mol. The first kappa shape index (κ1) is 13.6. The number of methoxy groups -OCH3 is 1. The van der Waals surface area contributed by atoms with E-state index < -0.39 is 6.10 Å². The summed E-state index contributed by atoms with van der Waals surface area (Å²) in [5, 5.41) is 14.8. The third-order valence-electron chi connectivity index (χ3n) is 3.24. The maximum Gasteiger partial charge on any atom is 0.122 e. The largest absolute Gasteiger partial charge is 0.496 e. The van der Waals surface area contributed by atoms with Gasteiger partial charge in [-0.2, -0.15) is 5.10 Å². The number of aliphatic hydroxyl groups excluding tert-OH is 1. The Kier molecular flexibility index (Phi) is 4.22. The predicted molar refractivity (Wildman–Crippen MR) is 74.2 cm³/mol. The number of ether oxygens (including phenoxy) is 1. The third-order valence-corrected chi connectivity index (χ3v) is 3.24. The second-order valence-corrected chi connectivity index (χ2v) is 4.59. The topological polar surface area (TPSA) is 47.3 Å². The van der Waals surface area contributed by atoms with Gasteiger partial charge < -0.3 is 9.84 Å². The van der Waals surface area contributed by atoms with E-state index in [2.05, 4.69) is 5.10 Å². The molecule has 102 valence electrons. The predicted octanol–water partition coefficient (Wildman–Crippen LogP) is 2.27. The van der Waals surface area contributed by atoms with Gasteiger partial charge in [0.25, 0.3) is 0 Å². The molecule has 1 N–H and O–H groups in total. The molecular formula is C15H20N2O2. The van der Waals surface area contributed by atoms with Gasteiger partial charge in [0, 0.05) is 25.2 Å². The SMILES string of the molecule is CCc1nn(C)cc1C(O)Cc1ccccc1OC. The Morgan fingerprint density at radius 2 is 2.11 bits per heavy atom. The number of para-hydroxylation sites is 1. The molecule has 19 heavy (non-hydrogen) atoms. The highest BCUT2D eigenvalue weighted by molar-refractivity contribution is 5.35. The van der Waals surface area contributed by atoms with Gasteiger partial charge in [-0.05, 0) is 18.1 Å². The molecule has 0 radical (unpaired) electrons. The molecule has 1 atom stereocenters. The van der Waals surface area contributed by atoms with Gasteiger partial charge in [-0.3, -0.25) is 4.68 Å². The minimum absolute atomic E-state index is 0.530. The number of hydrogen-bond acceptors (Lipinski definition) is 3. The van der Waals surface area contributed by atoms with Crippen molar-refractivity contribution < 1.29 is 9.84 Å². The van der Waals surface area contributed by atoms with E-state index in [4.69, 9.17) is 4.74 Å². The number of aliphatic hydroxyl groups is 1. The first-order valence-electron chi connectivity index (χ1n) is 6.48. The summed E-state index contributed by atoms with van der Waals surface area (Å²) >= 11 is 0. The Bertz CT molecular complexity index is 549. The monoisotopic (exact) mass is 260 g/mol. The van der Waals surface area contributed by atoms with Crippen molar-refractivity contribution in [2.45, 2.75) is 25.9 Å². The standard InChI is InChI=1S/C15H20N2O2/c1-4-13-12(10-17(2)16-13)14(18)9-11-7-5-6-8-15(11)19-3/h5-8,10,14,18H,4,9H2,1-3H3. The maximum atomic E-state index is 10.4. The van der Waals surface area contributed by atoms with E-state index in [1.165, 1.54) is 0 Å². The van der Waals surface area contributed by atoms with Crippen molar-refractivity contribution in [1.29, 1.82) is 0 Å². The van der Waals surface area contributed by atoms with Gasteiger partial charge in [0.1, 0.15) is 5.75 Å². The molecule has 0 spiro atoms. The number of hydrogen-bond donors (Lipinski definition) is 1. The van der Waals surface area contributed by atoms with Gasteiger partial charge >= 0.3 is 0 Å². The van der Waals surface area contributed by atoms with Crippen LogP contribution in [0.15, 0.2) is 30.5 Å². The van der Waals surface area contributed by atoms with E-state index in [-0.39, 0.29) is 0 Å². The van der Waals surface area contributed by atoms with Crippen molar-refractivity contribution >= 4 is 0 Å². The van der Waals surface area contributed by atoms with Gasteiger partial charge in [-0.25, -0.2) is 0 Å². The minimum Gasteiger partial charge on any atom is -0.496 e. The zero-order chi connectivity index (χ0) is 13.8. The average Bonchev–Trinajstić information content (AvgIpc) is 2.80. The van der Waals surface area contributed by atoms with Crippen LogP contribution in [0, 0.1) is 0 Å². The number of benzene rings is 1. The summed E-state index contributed by atoms with van der Waals surface area (Å²) in [6, 6.07) is 7.76. The zero-order valence-corrected chi connectivity index (χ0v) is 11.6. The molecule has 0 fully saturated rings. The normalized spacial score (nSPS) is 12.4. The second kappa shape index (κ2) is 5.89. The molecule has 0 bridgehead atoms. The van der Waals surface area contributed by atoms with Crippen LogP contribution in [-0.2, 0) is 19.9 Å². The quantitative estimate of drug-likeness (QED) is 0.897. The van der Waals surface area contributed by atoms with Crippen LogP contribution in [0.4, 0.5) is 0 Å².